The Morgan fingerprint density at radius 1 is 0.720 bits per heavy atom. The highest BCUT2D eigenvalue weighted by Crippen LogP contribution is 2.32. The second-order valence-corrected chi connectivity index (χ2v) is 7.37. The second-order valence-electron chi connectivity index (χ2n) is 7.37. The Balaban J connectivity index is 0.000000146. The molecule has 0 N–H and O–H groups in total. The summed E-state index contributed by atoms with van der Waals surface area (Å²) >= 11 is 0. The zero-order valence-electron chi connectivity index (χ0n) is 15.6. The molecular weight excluding hydrogens is 312 g/mol. The highest BCUT2D eigenvalue weighted by atomic mass is 16.6. The summed E-state index contributed by atoms with van der Waals surface area (Å²) in [7, 11) is 0. The maximum absolute atomic E-state index is 5.77. The molecule has 2 aromatic carbocycles. The molecule has 3 nitrogen and oxygen atoms in total. The first-order valence-corrected chi connectivity index (χ1v) is 9.17. The molecule has 2 unspecified atom stereocenters. The van der Waals surface area contributed by atoms with Gasteiger partial charge >= 0.3 is 0 Å². The van der Waals surface area contributed by atoms with Gasteiger partial charge in [-0.15, -0.1) is 0 Å². The highest BCUT2D eigenvalue weighted by Gasteiger charge is 2.24. The monoisotopic (exact) mass is 340 g/mol. The van der Waals surface area contributed by atoms with E-state index in [-0.39, 0.29) is 6.10 Å². The maximum atomic E-state index is 5.77. The first kappa shape index (κ1) is 17.7. The van der Waals surface area contributed by atoms with Gasteiger partial charge in [-0.2, -0.15) is 0 Å². The topological polar surface area (TPSA) is 27.7 Å². The van der Waals surface area contributed by atoms with E-state index in [0.29, 0.717) is 24.5 Å². The summed E-state index contributed by atoms with van der Waals surface area (Å²) in [6.45, 7) is 9.35. The third-order valence-electron chi connectivity index (χ3n) is 4.69. The predicted molar refractivity (Wildman–Crippen MR) is 101 cm³/mol. The Bertz CT molecular complexity index is 668. The smallest absolute Gasteiger partial charge is 0.161 e. The molecule has 0 bridgehead atoms. The van der Waals surface area contributed by atoms with Crippen molar-refractivity contribution >= 4 is 0 Å². The molecule has 134 valence electrons. The molecule has 0 aromatic heterocycles. The van der Waals surface area contributed by atoms with Gasteiger partial charge in [0.15, 0.2) is 11.5 Å². The van der Waals surface area contributed by atoms with Crippen molar-refractivity contribution in [3.63, 3.8) is 0 Å². The lowest BCUT2D eigenvalue weighted by Gasteiger charge is -2.28. The van der Waals surface area contributed by atoms with E-state index in [2.05, 4.69) is 45.9 Å². The fraction of sp³-hybridized carbons (Fsp3) is 0.455. The van der Waals surface area contributed by atoms with Crippen LogP contribution in [-0.2, 0) is 6.42 Å². The molecule has 0 spiro atoms. The van der Waals surface area contributed by atoms with Crippen molar-refractivity contribution < 1.29 is 14.2 Å². The summed E-state index contributed by atoms with van der Waals surface area (Å²) in [5.74, 6) is 3.91. The molecule has 0 saturated carbocycles. The van der Waals surface area contributed by atoms with Gasteiger partial charge < -0.3 is 14.2 Å². The molecule has 0 fully saturated rings. The average molecular weight is 340 g/mol. The quantitative estimate of drug-likeness (QED) is 0.758. The molecule has 2 aliphatic heterocycles. The zero-order chi connectivity index (χ0) is 17.8. The summed E-state index contributed by atoms with van der Waals surface area (Å²) in [6, 6.07) is 16.1. The predicted octanol–water partition coefficient (Wildman–Crippen LogP) is 5.13. The van der Waals surface area contributed by atoms with Gasteiger partial charge in [0.25, 0.3) is 0 Å². The second kappa shape index (κ2) is 7.81. The van der Waals surface area contributed by atoms with Crippen LogP contribution >= 0.6 is 0 Å². The van der Waals surface area contributed by atoms with Crippen LogP contribution in [0.25, 0.3) is 0 Å². The molecule has 0 amide bonds. The normalized spacial score (nSPS) is 20.6. The number of rotatable bonds is 2. The Morgan fingerprint density at radius 3 is 1.92 bits per heavy atom. The van der Waals surface area contributed by atoms with Crippen LogP contribution in [0.5, 0.6) is 17.2 Å². The van der Waals surface area contributed by atoms with Crippen LogP contribution in [0.1, 0.15) is 33.3 Å². The molecular formula is C22H28O3. The van der Waals surface area contributed by atoms with Crippen LogP contribution in [0.15, 0.2) is 48.5 Å². The molecule has 0 aliphatic carbocycles. The van der Waals surface area contributed by atoms with E-state index in [1.54, 1.807) is 0 Å². The van der Waals surface area contributed by atoms with Crippen LogP contribution in [0.4, 0.5) is 0 Å². The number of fused-ring (bicyclic) bond motifs is 2. The van der Waals surface area contributed by atoms with Crippen molar-refractivity contribution in [3.8, 4) is 17.2 Å². The number of benzene rings is 2. The maximum Gasteiger partial charge on any atom is 0.161 e. The van der Waals surface area contributed by atoms with Crippen LogP contribution in [-0.4, -0.2) is 18.8 Å². The highest BCUT2D eigenvalue weighted by molar-refractivity contribution is 5.40. The van der Waals surface area contributed by atoms with Gasteiger partial charge in [-0.25, -0.2) is 0 Å². The van der Waals surface area contributed by atoms with E-state index in [1.807, 2.05) is 30.3 Å². The average Bonchev–Trinajstić information content (AvgIpc) is 3.06. The molecule has 2 atom stereocenters. The molecule has 2 heterocycles. The van der Waals surface area contributed by atoms with E-state index in [9.17, 15) is 0 Å². The first-order valence-electron chi connectivity index (χ1n) is 9.17. The summed E-state index contributed by atoms with van der Waals surface area (Å²) in [5.41, 5.74) is 1.36. The fourth-order valence-corrected chi connectivity index (χ4v) is 2.95. The summed E-state index contributed by atoms with van der Waals surface area (Å²) in [6.07, 6.45) is 1.66. The van der Waals surface area contributed by atoms with E-state index in [1.165, 1.54) is 5.56 Å². The van der Waals surface area contributed by atoms with Crippen molar-refractivity contribution in [2.75, 3.05) is 6.61 Å². The summed E-state index contributed by atoms with van der Waals surface area (Å²) in [4.78, 5) is 0. The molecule has 4 rings (SSSR count). The van der Waals surface area contributed by atoms with Gasteiger partial charge in [0.2, 0.25) is 0 Å². The molecule has 3 heteroatoms. The van der Waals surface area contributed by atoms with Gasteiger partial charge in [0, 0.05) is 6.42 Å². The van der Waals surface area contributed by atoms with Crippen LogP contribution in [0.3, 0.4) is 0 Å². The van der Waals surface area contributed by atoms with Crippen molar-refractivity contribution in [2.45, 2.75) is 46.3 Å². The molecule has 0 saturated heterocycles. The van der Waals surface area contributed by atoms with E-state index < -0.39 is 0 Å². The minimum atomic E-state index is 0.190. The fourth-order valence-electron chi connectivity index (χ4n) is 2.95. The van der Waals surface area contributed by atoms with Gasteiger partial charge in [-0.3, -0.25) is 0 Å². The largest absolute Gasteiger partial charge is 0.490 e. The lowest BCUT2D eigenvalue weighted by molar-refractivity contribution is 0.0591. The Hall–Kier alpha value is -2.16. The minimum absolute atomic E-state index is 0.190. The van der Waals surface area contributed by atoms with Gasteiger partial charge in [0.05, 0.1) is 0 Å². The molecule has 0 radical (unpaired) electrons. The van der Waals surface area contributed by atoms with E-state index in [0.717, 1.165) is 23.7 Å². The van der Waals surface area contributed by atoms with Crippen molar-refractivity contribution in [1.29, 1.82) is 0 Å². The number of hydrogen-bond acceptors (Lipinski definition) is 3. The zero-order valence-corrected chi connectivity index (χ0v) is 15.6. The number of hydrogen-bond donors (Lipinski definition) is 0. The van der Waals surface area contributed by atoms with Crippen LogP contribution in [0, 0.1) is 11.8 Å². The summed E-state index contributed by atoms with van der Waals surface area (Å²) < 4.78 is 17.1. The standard InChI is InChI=1S/C11H14O2.C11H14O/c1-8(2)11-7-12-9-5-3-4-6-10(9)13-11;1-8(2)11-7-9-5-3-4-6-10(9)12-11/h3-6,8,11H,7H2,1-2H3;3-6,8,11H,7H2,1-2H3. The molecule has 25 heavy (non-hydrogen) atoms. The third kappa shape index (κ3) is 4.28. The summed E-state index contributed by atoms with van der Waals surface area (Å²) in [5, 5.41) is 0. The van der Waals surface area contributed by atoms with Crippen molar-refractivity contribution in [1.82, 2.24) is 0 Å². The SMILES string of the molecule is CC(C)C1COc2ccccc2O1.CC(C)C1Cc2ccccc2O1. The Morgan fingerprint density at radius 2 is 1.28 bits per heavy atom. The van der Waals surface area contributed by atoms with Gasteiger partial charge in [-0.05, 0) is 35.6 Å². The van der Waals surface area contributed by atoms with E-state index >= 15 is 0 Å². The lowest BCUT2D eigenvalue weighted by Crippen LogP contribution is -2.33. The van der Waals surface area contributed by atoms with Gasteiger partial charge in [-0.1, -0.05) is 58.0 Å². The third-order valence-corrected chi connectivity index (χ3v) is 4.69. The molecule has 2 aromatic rings. The van der Waals surface area contributed by atoms with Crippen LogP contribution in [0.2, 0.25) is 0 Å². The lowest BCUT2D eigenvalue weighted by atomic mass is 10.0. The Kier molecular flexibility index (Phi) is 5.52. The van der Waals surface area contributed by atoms with Crippen molar-refractivity contribution in [2.24, 2.45) is 11.8 Å². The number of para-hydroxylation sites is 3. The minimum Gasteiger partial charge on any atom is -0.490 e. The number of ether oxygens (including phenoxy) is 3. The van der Waals surface area contributed by atoms with Gasteiger partial charge in [0.1, 0.15) is 24.6 Å². The first-order chi connectivity index (χ1) is 12.0. The van der Waals surface area contributed by atoms with Crippen molar-refractivity contribution in [3.05, 3.63) is 54.1 Å². The van der Waals surface area contributed by atoms with Crippen LogP contribution < -0.4 is 14.2 Å². The Labute approximate surface area is 150 Å². The van der Waals surface area contributed by atoms with E-state index in [4.69, 9.17) is 14.2 Å². The molecule has 2 aliphatic rings.